The average Bonchev–Trinajstić information content (AvgIpc) is 2.29. The van der Waals surface area contributed by atoms with Crippen LogP contribution < -0.4 is 5.32 Å². The molecule has 106 valence electrons. The Morgan fingerprint density at radius 1 is 1.47 bits per heavy atom. The molecular weight excluding hydrogens is 313 g/mol. The van der Waals surface area contributed by atoms with Crippen molar-refractivity contribution in [1.82, 2.24) is 5.32 Å². The molecule has 19 heavy (non-hydrogen) atoms. The fraction of sp³-hybridized carbons (Fsp3) is 0.500. The van der Waals surface area contributed by atoms with Crippen molar-refractivity contribution < 1.29 is 14.3 Å². The maximum atomic E-state index is 13.6. The van der Waals surface area contributed by atoms with Gasteiger partial charge in [0.25, 0.3) is 0 Å². The Morgan fingerprint density at radius 3 is 2.68 bits per heavy atom. The van der Waals surface area contributed by atoms with Crippen molar-refractivity contribution in [3.8, 4) is 0 Å². The summed E-state index contributed by atoms with van der Waals surface area (Å²) in [7, 11) is 0. The quantitative estimate of drug-likeness (QED) is 0.804. The Labute approximate surface area is 121 Å². The number of hydrogen-bond acceptors (Lipinski definition) is 2. The van der Waals surface area contributed by atoms with Crippen molar-refractivity contribution in [3.63, 3.8) is 0 Å². The summed E-state index contributed by atoms with van der Waals surface area (Å²) in [6, 6.07) is 4.85. The molecule has 2 N–H and O–H groups in total. The summed E-state index contributed by atoms with van der Waals surface area (Å²) >= 11 is 3.20. The van der Waals surface area contributed by atoms with E-state index in [4.69, 9.17) is 5.11 Å². The first-order valence-electron chi connectivity index (χ1n) is 6.27. The summed E-state index contributed by atoms with van der Waals surface area (Å²) < 4.78 is 14.2. The number of hydrogen-bond donors (Lipinski definition) is 2. The first-order chi connectivity index (χ1) is 8.90. The lowest BCUT2D eigenvalue weighted by molar-refractivity contribution is -0.142. The van der Waals surface area contributed by atoms with Crippen LogP contribution in [0, 0.1) is 17.7 Å². The van der Waals surface area contributed by atoms with Crippen LogP contribution in [-0.4, -0.2) is 17.6 Å². The van der Waals surface area contributed by atoms with Gasteiger partial charge in [0.05, 0.1) is 5.92 Å². The van der Waals surface area contributed by atoms with Gasteiger partial charge in [-0.1, -0.05) is 35.8 Å². The molecule has 5 heteroatoms. The van der Waals surface area contributed by atoms with E-state index in [1.54, 1.807) is 12.1 Å². The fourth-order valence-electron chi connectivity index (χ4n) is 1.89. The van der Waals surface area contributed by atoms with Crippen molar-refractivity contribution in [2.75, 3.05) is 6.54 Å². The van der Waals surface area contributed by atoms with E-state index in [2.05, 4.69) is 21.2 Å². The first-order valence-corrected chi connectivity index (χ1v) is 7.07. The zero-order valence-electron chi connectivity index (χ0n) is 11.1. The Kier molecular flexibility index (Phi) is 6.45. The minimum atomic E-state index is -0.808. The van der Waals surface area contributed by atoms with Gasteiger partial charge in [0.2, 0.25) is 0 Å². The van der Waals surface area contributed by atoms with Crippen LogP contribution in [0.1, 0.15) is 25.8 Å². The van der Waals surface area contributed by atoms with Crippen LogP contribution in [0.4, 0.5) is 4.39 Å². The number of nitrogens with one attached hydrogen (secondary N) is 1. The van der Waals surface area contributed by atoms with Crippen molar-refractivity contribution in [2.24, 2.45) is 11.8 Å². The largest absolute Gasteiger partial charge is 0.481 e. The van der Waals surface area contributed by atoms with Gasteiger partial charge in [0.1, 0.15) is 5.82 Å². The molecule has 0 aromatic heterocycles. The van der Waals surface area contributed by atoms with Crippen molar-refractivity contribution in [1.29, 1.82) is 0 Å². The van der Waals surface area contributed by atoms with Crippen LogP contribution in [0.25, 0.3) is 0 Å². The highest BCUT2D eigenvalue weighted by atomic mass is 79.9. The normalized spacial score (nSPS) is 12.7. The minimum absolute atomic E-state index is 0.294. The molecule has 1 rings (SSSR count). The topological polar surface area (TPSA) is 49.3 Å². The van der Waals surface area contributed by atoms with Gasteiger partial charge in [-0.3, -0.25) is 4.79 Å². The molecule has 3 nitrogen and oxygen atoms in total. The van der Waals surface area contributed by atoms with Crippen molar-refractivity contribution in [2.45, 2.75) is 26.8 Å². The number of carboxylic acids is 1. The Balaban J connectivity index is 2.49. The SMILES string of the molecule is CC(C)CC(CNCc1ccc(Br)cc1F)C(=O)O. The van der Waals surface area contributed by atoms with E-state index in [-0.39, 0.29) is 5.82 Å². The molecule has 0 saturated carbocycles. The highest BCUT2D eigenvalue weighted by molar-refractivity contribution is 9.10. The van der Waals surface area contributed by atoms with Gasteiger partial charge in [0, 0.05) is 23.1 Å². The lowest BCUT2D eigenvalue weighted by Gasteiger charge is -2.15. The second-order valence-corrected chi connectivity index (χ2v) is 5.95. The van der Waals surface area contributed by atoms with E-state index in [0.717, 1.165) is 0 Å². The third kappa shape index (κ3) is 5.70. The number of halogens is 2. The number of carboxylic acid groups (broad SMARTS) is 1. The molecule has 0 fully saturated rings. The molecule has 0 spiro atoms. The molecular formula is C14H19BrFNO2. The molecule has 1 unspecified atom stereocenters. The van der Waals surface area contributed by atoms with Crippen LogP contribution >= 0.6 is 15.9 Å². The fourth-order valence-corrected chi connectivity index (χ4v) is 2.22. The monoisotopic (exact) mass is 331 g/mol. The summed E-state index contributed by atoms with van der Waals surface area (Å²) in [4.78, 5) is 11.1. The van der Waals surface area contributed by atoms with Gasteiger partial charge in [-0.05, 0) is 24.5 Å². The summed E-state index contributed by atoms with van der Waals surface area (Å²) in [6.45, 7) is 4.67. The maximum absolute atomic E-state index is 13.6. The Hall–Kier alpha value is -0.940. The molecule has 0 aliphatic rings. The number of aliphatic carboxylic acids is 1. The molecule has 0 aliphatic carbocycles. The smallest absolute Gasteiger partial charge is 0.307 e. The Morgan fingerprint density at radius 2 is 2.16 bits per heavy atom. The maximum Gasteiger partial charge on any atom is 0.307 e. The van der Waals surface area contributed by atoms with E-state index in [1.165, 1.54) is 6.07 Å². The second kappa shape index (κ2) is 7.60. The zero-order valence-corrected chi connectivity index (χ0v) is 12.7. The van der Waals surface area contributed by atoms with Gasteiger partial charge in [0.15, 0.2) is 0 Å². The van der Waals surface area contributed by atoms with E-state index in [9.17, 15) is 9.18 Å². The molecule has 1 aromatic rings. The van der Waals surface area contributed by atoms with E-state index >= 15 is 0 Å². The molecule has 0 amide bonds. The number of benzene rings is 1. The van der Waals surface area contributed by atoms with Gasteiger partial charge in [-0.25, -0.2) is 4.39 Å². The average molecular weight is 332 g/mol. The van der Waals surface area contributed by atoms with Crippen LogP contribution in [0.2, 0.25) is 0 Å². The van der Waals surface area contributed by atoms with Gasteiger partial charge in [-0.15, -0.1) is 0 Å². The summed E-state index contributed by atoms with van der Waals surface area (Å²) in [5.41, 5.74) is 0.539. The van der Waals surface area contributed by atoms with Crippen molar-refractivity contribution in [3.05, 3.63) is 34.1 Å². The van der Waals surface area contributed by atoms with Crippen molar-refractivity contribution >= 4 is 21.9 Å². The molecule has 0 heterocycles. The molecule has 0 aliphatic heterocycles. The van der Waals surface area contributed by atoms with Gasteiger partial charge >= 0.3 is 5.97 Å². The highest BCUT2D eigenvalue weighted by Gasteiger charge is 2.18. The van der Waals surface area contributed by atoms with Crippen LogP contribution in [0.5, 0.6) is 0 Å². The van der Waals surface area contributed by atoms with Crippen LogP contribution in [0.3, 0.4) is 0 Å². The molecule has 0 saturated heterocycles. The third-order valence-corrected chi connectivity index (χ3v) is 3.32. The summed E-state index contributed by atoms with van der Waals surface area (Å²) in [5, 5.41) is 12.1. The third-order valence-electron chi connectivity index (χ3n) is 2.83. The zero-order chi connectivity index (χ0) is 14.4. The molecule has 1 atom stereocenters. The van der Waals surface area contributed by atoms with Gasteiger partial charge in [-0.2, -0.15) is 0 Å². The van der Waals surface area contributed by atoms with Crippen LogP contribution in [-0.2, 0) is 11.3 Å². The first kappa shape index (κ1) is 16.1. The molecule has 1 aromatic carbocycles. The lowest BCUT2D eigenvalue weighted by Crippen LogP contribution is -2.29. The minimum Gasteiger partial charge on any atom is -0.481 e. The summed E-state index contributed by atoms with van der Waals surface area (Å²) in [5.74, 6) is -1.21. The highest BCUT2D eigenvalue weighted by Crippen LogP contribution is 2.16. The second-order valence-electron chi connectivity index (χ2n) is 5.03. The Bertz CT molecular complexity index is 437. The van der Waals surface area contributed by atoms with E-state index < -0.39 is 11.9 Å². The van der Waals surface area contributed by atoms with Crippen LogP contribution in [0.15, 0.2) is 22.7 Å². The molecule has 0 bridgehead atoms. The van der Waals surface area contributed by atoms with Gasteiger partial charge < -0.3 is 10.4 Å². The van der Waals surface area contributed by atoms with E-state index in [0.29, 0.717) is 35.5 Å². The number of carbonyl (C=O) groups is 1. The lowest BCUT2D eigenvalue weighted by atomic mass is 9.97. The predicted octanol–water partition coefficient (Wildman–Crippen LogP) is 3.42. The standard InChI is InChI=1S/C14H19BrFNO2/c1-9(2)5-11(14(18)19)8-17-7-10-3-4-12(15)6-13(10)16/h3-4,6,9,11,17H,5,7-8H2,1-2H3,(H,18,19). The number of rotatable bonds is 7. The summed E-state index contributed by atoms with van der Waals surface area (Å²) in [6.07, 6.45) is 0.616. The van der Waals surface area contributed by atoms with E-state index in [1.807, 2.05) is 13.8 Å². The molecule has 0 radical (unpaired) electrons. The predicted molar refractivity (Wildman–Crippen MR) is 76.4 cm³/mol.